The lowest BCUT2D eigenvalue weighted by Crippen LogP contribution is -2.37. The maximum Gasteiger partial charge on any atom is 0.407 e. The molecule has 5 nitrogen and oxygen atoms in total. The first-order chi connectivity index (χ1) is 10.1. The van der Waals surface area contributed by atoms with E-state index in [1.165, 1.54) is 0 Å². The van der Waals surface area contributed by atoms with Crippen LogP contribution in [0.4, 0.5) is 13.6 Å². The predicted octanol–water partition coefficient (Wildman–Crippen LogP) is 2.73. The third kappa shape index (κ3) is 6.51. The maximum atomic E-state index is 13.1. The Morgan fingerprint density at radius 3 is 2.23 bits per heavy atom. The van der Waals surface area contributed by atoms with Gasteiger partial charge in [0.1, 0.15) is 17.2 Å². The molecule has 0 fully saturated rings. The van der Waals surface area contributed by atoms with Crippen molar-refractivity contribution in [2.24, 2.45) is 5.92 Å². The normalized spacial score (nSPS) is 12.6. The summed E-state index contributed by atoms with van der Waals surface area (Å²) >= 11 is 0. The van der Waals surface area contributed by atoms with Crippen molar-refractivity contribution >= 4 is 12.1 Å². The molecule has 1 unspecified atom stereocenters. The summed E-state index contributed by atoms with van der Waals surface area (Å²) in [6.07, 6.45) is -0.857. The standard InChI is InChI=1S/C15H19F2NO4/c1-15(2,3)22-14(21)18-8-10(13(19)20)4-9-5-11(16)7-12(17)6-9/h5-7,10H,4,8H2,1-3H3,(H,18,21)(H,19,20). The summed E-state index contributed by atoms with van der Waals surface area (Å²) < 4.78 is 31.2. The zero-order chi connectivity index (χ0) is 16.9. The smallest absolute Gasteiger partial charge is 0.407 e. The molecule has 0 aromatic heterocycles. The molecule has 1 amide bonds. The maximum absolute atomic E-state index is 13.1. The van der Waals surface area contributed by atoms with Crippen LogP contribution in [0, 0.1) is 17.6 Å². The van der Waals surface area contributed by atoms with Crippen LogP contribution in [-0.2, 0) is 16.0 Å². The molecule has 0 saturated heterocycles. The minimum atomic E-state index is -1.18. The largest absolute Gasteiger partial charge is 0.481 e. The average Bonchev–Trinajstić information content (AvgIpc) is 2.30. The zero-order valence-corrected chi connectivity index (χ0v) is 12.7. The monoisotopic (exact) mass is 315 g/mol. The van der Waals surface area contributed by atoms with Crippen molar-refractivity contribution in [3.8, 4) is 0 Å². The van der Waals surface area contributed by atoms with E-state index in [1.807, 2.05) is 0 Å². The van der Waals surface area contributed by atoms with E-state index in [1.54, 1.807) is 20.8 Å². The Balaban J connectivity index is 2.66. The number of hydrogen-bond acceptors (Lipinski definition) is 3. The molecule has 1 atom stereocenters. The third-order valence-corrected chi connectivity index (χ3v) is 2.65. The van der Waals surface area contributed by atoms with Crippen molar-refractivity contribution in [1.82, 2.24) is 5.32 Å². The van der Waals surface area contributed by atoms with Gasteiger partial charge in [0.25, 0.3) is 0 Å². The number of hydrogen-bond donors (Lipinski definition) is 2. The first-order valence-corrected chi connectivity index (χ1v) is 6.71. The molecule has 0 heterocycles. The van der Waals surface area contributed by atoms with Crippen LogP contribution in [-0.4, -0.2) is 29.3 Å². The molecule has 0 aliphatic rings. The number of alkyl carbamates (subject to hydrolysis) is 1. The second-order valence-electron chi connectivity index (χ2n) is 5.90. The minimum absolute atomic E-state index is 0.111. The first kappa shape index (κ1) is 17.9. The summed E-state index contributed by atoms with van der Waals surface area (Å²) in [6.45, 7) is 4.83. The molecule has 0 spiro atoms. The Morgan fingerprint density at radius 2 is 1.77 bits per heavy atom. The van der Waals surface area contributed by atoms with Gasteiger partial charge in [-0.1, -0.05) is 0 Å². The fourth-order valence-corrected chi connectivity index (χ4v) is 1.78. The predicted molar refractivity (Wildman–Crippen MR) is 75.4 cm³/mol. The van der Waals surface area contributed by atoms with Gasteiger partial charge in [-0.05, 0) is 44.9 Å². The van der Waals surface area contributed by atoms with Crippen LogP contribution < -0.4 is 5.32 Å². The quantitative estimate of drug-likeness (QED) is 0.876. The van der Waals surface area contributed by atoms with Crippen molar-refractivity contribution in [2.75, 3.05) is 6.54 Å². The molecule has 1 aromatic carbocycles. The molecule has 1 rings (SSSR count). The van der Waals surface area contributed by atoms with Gasteiger partial charge in [0.15, 0.2) is 0 Å². The number of nitrogens with one attached hydrogen (secondary N) is 1. The van der Waals surface area contributed by atoms with Crippen molar-refractivity contribution in [2.45, 2.75) is 32.8 Å². The molecule has 1 aromatic rings. The Kier molecular flexibility index (Phi) is 5.84. The summed E-state index contributed by atoms with van der Waals surface area (Å²) in [5.41, 5.74) is -0.495. The van der Waals surface area contributed by atoms with Gasteiger partial charge < -0.3 is 15.2 Å². The van der Waals surface area contributed by atoms with E-state index in [4.69, 9.17) is 9.84 Å². The minimum Gasteiger partial charge on any atom is -0.481 e. The summed E-state index contributed by atoms with van der Waals surface area (Å²) in [5.74, 6) is -3.76. The van der Waals surface area contributed by atoms with E-state index in [0.717, 1.165) is 12.1 Å². The number of carbonyl (C=O) groups excluding carboxylic acids is 1. The molecule has 0 radical (unpaired) electrons. The number of rotatable bonds is 5. The number of carboxylic acid groups (broad SMARTS) is 1. The van der Waals surface area contributed by atoms with E-state index < -0.39 is 35.2 Å². The Bertz CT molecular complexity index is 535. The van der Waals surface area contributed by atoms with Crippen molar-refractivity contribution < 1.29 is 28.2 Å². The number of ether oxygens (including phenoxy) is 1. The third-order valence-electron chi connectivity index (χ3n) is 2.65. The molecular weight excluding hydrogens is 296 g/mol. The molecule has 2 N–H and O–H groups in total. The first-order valence-electron chi connectivity index (χ1n) is 6.71. The van der Waals surface area contributed by atoms with Gasteiger partial charge in [0.05, 0.1) is 5.92 Å². The summed E-state index contributed by atoms with van der Waals surface area (Å²) in [6, 6.07) is 2.83. The van der Waals surface area contributed by atoms with Gasteiger partial charge >= 0.3 is 12.1 Å². The van der Waals surface area contributed by atoms with Crippen LogP contribution in [0.5, 0.6) is 0 Å². The lowest BCUT2D eigenvalue weighted by atomic mass is 9.99. The molecule has 0 aliphatic carbocycles. The number of amides is 1. The SMILES string of the molecule is CC(C)(C)OC(=O)NCC(Cc1cc(F)cc(F)c1)C(=O)O. The summed E-state index contributed by atoms with van der Waals surface area (Å²) in [4.78, 5) is 22.7. The number of carboxylic acids is 1. The van der Waals surface area contributed by atoms with E-state index >= 15 is 0 Å². The van der Waals surface area contributed by atoms with Gasteiger partial charge in [0.2, 0.25) is 0 Å². The van der Waals surface area contributed by atoms with Gasteiger partial charge in [-0.25, -0.2) is 13.6 Å². The van der Waals surface area contributed by atoms with Gasteiger partial charge in [-0.15, -0.1) is 0 Å². The Labute approximate surface area is 127 Å². The number of halogens is 2. The number of aliphatic carboxylic acids is 1. The Morgan fingerprint density at radius 1 is 1.23 bits per heavy atom. The average molecular weight is 315 g/mol. The fraction of sp³-hybridized carbons (Fsp3) is 0.467. The highest BCUT2D eigenvalue weighted by Gasteiger charge is 2.22. The number of benzene rings is 1. The highest BCUT2D eigenvalue weighted by atomic mass is 19.1. The van der Waals surface area contributed by atoms with Gasteiger partial charge in [-0.3, -0.25) is 4.79 Å². The molecule has 0 saturated carbocycles. The molecule has 7 heteroatoms. The molecule has 22 heavy (non-hydrogen) atoms. The lowest BCUT2D eigenvalue weighted by Gasteiger charge is -2.21. The van der Waals surface area contributed by atoms with Gasteiger partial charge in [-0.2, -0.15) is 0 Å². The van der Waals surface area contributed by atoms with Crippen molar-refractivity contribution in [1.29, 1.82) is 0 Å². The molecule has 122 valence electrons. The second-order valence-corrected chi connectivity index (χ2v) is 5.90. The highest BCUT2D eigenvalue weighted by Crippen LogP contribution is 2.13. The van der Waals surface area contributed by atoms with Crippen LogP contribution >= 0.6 is 0 Å². The van der Waals surface area contributed by atoms with E-state index in [-0.39, 0.29) is 18.5 Å². The highest BCUT2D eigenvalue weighted by molar-refractivity contribution is 5.73. The van der Waals surface area contributed by atoms with E-state index in [0.29, 0.717) is 6.07 Å². The van der Waals surface area contributed by atoms with Gasteiger partial charge in [0, 0.05) is 12.6 Å². The topological polar surface area (TPSA) is 75.6 Å². The fourth-order valence-electron chi connectivity index (χ4n) is 1.78. The molecular formula is C15H19F2NO4. The van der Waals surface area contributed by atoms with Crippen LogP contribution in [0.2, 0.25) is 0 Å². The van der Waals surface area contributed by atoms with Crippen molar-refractivity contribution in [3.63, 3.8) is 0 Å². The van der Waals surface area contributed by atoms with Crippen LogP contribution in [0.15, 0.2) is 18.2 Å². The number of carbonyl (C=O) groups is 2. The van der Waals surface area contributed by atoms with E-state index in [2.05, 4.69) is 5.32 Å². The lowest BCUT2D eigenvalue weighted by molar-refractivity contribution is -0.141. The molecule has 0 bridgehead atoms. The second kappa shape index (κ2) is 7.20. The van der Waals surface area contributed by atoms with Crippen molar-refractivity contribution in [3.05, 3.63) is 35.4 Å². The van der Waals surface area contributed by atoms with Crippen LogP contribution in [0.25, 0.3) is 0 Å². The van der Waals surface area contributed by atoms with Crippen LogP contribution in [0.3, 0.4) is 0 Å². The Hall–Kier alpha value is -2.18. The molecule has 0 aliphatic heterocycles. The van der Waals surface area contributed by atoms with E-state index in [9.17, 15) is 18.4 Å². The summed E-state index contributed by atoms with van der Waals surface area (Å²) in [7, 11) is 0. The summed E-state index contributed by atoms with van der Waals surface area (Å²) in [5, 5.41) is 11.5. The van der Waals surface area contributed by atoms with Crippen LogP contribution in [0.1, 0.15) is 26.3 Å². The zero-order valence-electron chi connectivity index (χ0n) is 12.7.